The molecule has 1 aliphatic rings. The van der Waals surface area contributed by atoms with Crippen LogP contribution in [0.4, 0.5) is 16.2 Å². The van der Waals surface area contributed by atoms with E-state index >= 15 is 0 Å². The van der Waals surface area contributed by atoms with Crippen molar-refractivity contribution in [1.82, 2.24) is 0 Å². The molecule has 0 radical (unpaired) electrons. The maximum atomic E-state index is 11.3. The average molecular weight is 257 g/mol. The van der Waals surface area contributed by atoms with Crippen LogP contribution in [0.1, 0.15) is 0 Å². The predicted molar refractivity (Wildman–Crippen MR) is 60.9 cm³/mol. The molecule has 1 saturated heterocycles. The van der Waals surface area contributed by atoms with Crippen LogP contribution in [0.2, 0.25) is 0 Å². The van der Waals surface area contributed by atoms with Gasteiger partial charge in [0.05, 0.1) is 22.8 Å². The molecule has 1 amide bonds. The van der Waals surface area contributed by atoms with E-state index in [0.717, 1.165) is 0 Å². The van der Waals surface area contributed by atoms with Crippen LogP contribution in [0.15, 0.2) is 23.1 Å². The Bertz CT molecular complexity index is 570. The summed E-state index contributed by atoms with van der Waals surface area (Å²) in [5.74, 6) is 0. The van der Waals surface area contributed by atoms with Crippen LogP contribution >= 0.6 is 0 Å². The Balaban J connectivity index is 2.42. The Labute approximate surface area is 98.0 Å². The van der Waals surface area contributed by atoms with Gasteiger partial charge in [0.25, 0.3) is 0 Å². The lowest BCUT2D eigenvalue weighted by molar-refractivity contribution is 0.181. The van der Waals surface area contributed by atoms with Crippen LogP contribution in [0, 0.1) is 0 Å². The summed E-state index contributed by atoms with van der Waals surface area (Å²) in [6, 6.07) is 3.95. The van der Waals surface area contributed by atoms with E-state index in [4.69, 9.17) is 15.6 Å². The molecule has 1 fully saturated rings. The molecule has 1 heterocycles. The lowest BCUT2D eigenvalue weighted by Gasteiger charge is -2.15. The number of hydrogen-bond donors (Lipinski definition) is 2. The number of hydrogen-bond acceptors (Lipinski definition) is 5. The highest BCUT2D eigenvalue weighted by Gasteiger charge is 2.25. The Morgan fingerprint density at radius 3 is 2.53 bits per heavy atom. The summed E-state index contributed by atoms with van der Waals surface area (Å²) < 4.78 is 27.0. The highest BCUT2D eigenvalue weighted by Crippen LogP contribution is 2.27. The van der Waals surface area contributed by atoms with Gasteiger partial charge in [-0.05, 0) is 18.2 Å². The molecule has 0 spiro atoms. The van der Waals surface area contributed by atoms with Crippen molar-refractivity contribution in [3.63, 3.8) is 0 Å². The van der Waals surface area contributed by atoms with Crippen LogP contribution in [0.3, 0.4) is 0 Å². The van der Waals surface area contributed by atoms with Crippen molar-refractivity contribution >= 4 is 27.5 Å². The van der Waals surface area contributed by atoms with Gasteiger partial charge >= 0.3 is 6.09 Å². The number of ether oxygens (including phenoxy) is 1. The van der Waals surface area contributed by atoms with Crippen LogP contribution in [-0.2, 0) is 14.8 Å². The van der Waals surface area contributed by atoms with Crippen molar-refractivity contribution in [2.45, 2.75) is 4.90 Å². The number of primary sulfonamides is 1. The average Bonchev–Trinajstić information content (AvgIpc) is 2.63. The Morgan fingerprint density at radius 1 is 1.35 bits per heavy atom. The number of carbonyl (C=O) groups excluding carboxylic acids is 1. The topological polar surface area (TPSA) is 116 Å². The molecule has 8 heteroatoms. The number of carbonyl (C=O) groups is 1. The zero-order chi connectivity index (χ0) is 12.6. The molecular weight excluding hydrogens is 246 g/mol. The molecule has 7 nitrogen and oxygen atoms in total. The second-order valence-electron chi connectivity index (χ2n) is 3.53. The number of anilines is 2. The molecular formula is C9H11N3O4S. The minimum absolute atomic E-state index is 0.0914. The van der Waals surface area contributed by atoms with Crippen molar-refractivity contribution in [2.24, 2.45) is 5.14 Å². The summed E-state index contributed by atoms with van der Waals surface area (Å²) >= 11 is 0. The van der Waals surface area contributed by atoms with Crippen LogP contribution in [0.25, 0.3) is 0 Å². The second-order valence-corrected chi connectivity index (χ2v) is 5.09. The molecule has 92 valence electrons. The molecule has 0 aromatic heterocycles. The van der Waals surface area contributed by atoms with Gasteiger partial charge in [0.1, 0.15) is 6.61 Å². The van der Waals surface area contributed by atoms with E-state index in [1.54, 1.807) is 0 Å². The summed E-state index contributed by atoms with van der Waals surface area (Å²) in [6.45, 7) is 0.674. The van der Waals surface area contributed by atoms with Gasteiger partial charge in [0.2, 0.25) is 10.0 Å². The van der Waals surface area contributed by atoms with E-state index in [2.05, 4.69) is 0 Å². The molecule has 4 N–H and O–H groups in total. The molecule has 1 aromatic rings. The monoisotopic (exact) mass is 257 g/mol. The molecule has 0 unspecified atom stereocenters. The fourth-order valence-electron chi connectivity index (χ4n) is 1.57. The van der Waals surface area contributed by atoms with Gasteiger partial charge in [-0.15, -0.1) is 0 Å². The lowest BCUT2D eigenvalue weighted by Crippen LogP contribution is -2.24. The predicted octanol–water partition coefficient (Wildman–Crippen LogP) is -0.127. The Morgan fingerprint density at radius 2 is 2.06 bits per heavy atom. The first-order valence-electron chi connectivity index (χ1n) is 4.76. The largest absolute Gasteiger partial charge is 0.447 e. The third-order valence-electron chi connectivity index (χ3n) is 2.38. The van der Waals surface area contributed by atoms with Crippen molar-refractivity contribution in [1.29, 1.82) is 0 Å². The number of nitrogen functional groups attached to an aromatic ring is 1. The fraction of sp³-hybridized carbons (Fsp3) is 0.222. The number of nitrogens with two attached hydrogens (primary N) is 2. The molecule has 1 aliphatic heterocycles. The molecule has 17 heavy (non-hydrogen) atoms. The van der Waals surface area contributed by atoms with Gasteiger partial charge in [0, 0.05) is 0 Å². The number of cyclic esters (lactones) is 1. The number of sulfonamides is 1. The molecule has 0 atom stereocenters. The van der Waals surface area contributed by atoms with E-state index < -0.39 is 16.1 Å². The minimum Gasteiger partial charge on any atom is -0.447 e. The summed E-state index contributed by atoms with van der Waals surface area (Å²) in [6.07, 6.45) is -0.500. The number of amides is 1. The third-order valence-corrected chi connectivity index (χ3v) is 3.29. The zero-order valence-corrected chi connectivity index (χ0v) is 9.61. The smallest absolute Gasteiger partial charge is 0.414 e. The standard InChI is InChI=1S/C9H11N3O4S/c10-7-5-6(17(11,14)15)1-2-8(7)12-3-4-16-9(12)13/h1-2,5H,3-4,10H2,(H2,11,14,15). The highest BCUT2D eigenvalue weighted by molar-refractivity contribution is 7.89. The summed E-state index contributed by atoms with van der Waals surface area (Å²) in [4.78, 5) is 12.6. The van der Waals surface area contributed by atoms with E-state index in [0.29, 0.717) is 12.2 Å². The van der Waals surface area contributed by atoms with Gasteiger partial charge in [-0.1, -0.05) is 0 Å². The molecule has 0 aliphatic carbocycles. The van der Waals surface area contributed by atoms with Gasteiger partial charge in [-0.3, -0.25) is 4.90 Å². The van der Waals surface area contributed by atoms with E-state index in [-0.39, 0.29) is 17.2 Å². The number of benzene rings is 1. The maximum Gasteiger partial charge on any atom is 0.414 e. The van der Waals surface area contributed by atoms with Crippen molar-refractivity contribution in [2.75, 3.05) is 23.8 Å². The lowest BCUT2D eigenvalue weighted by atomic mass is 10.2. The molecule has 0 bridgehead atoms. The third kappa shape index (κ3) is 2.17. The number of rotatable bonds is 2. The first-order valence-corrected chi connectivity index (χ1v) is 6.31. The van der Waals surface area contributed by atoms with Crippen molar-refractivity contribution in [3.8, 4) is 0 Å². The maximum absolute atomic E-state index is 11.3. The SMILES string of the molecule is Nc1cc(S(N)(=O)=O)ccc1N1CCOC1=O. The van der Waals surface area contributed by atoms with Crippen LogP contribution < -0.4 is 15.8 Å². The van der Waals surface area contributed by atoms with E-state index in [1.165, 1.54) is 23.1 Å². The number of nitrogens with zero attached hydrogens (tertiary/aromatic N) is 1. The van der Waals surface area contributed by atoms with Gasteiger partial charge in [0.15, 0.2) is 0 Å². The quantitative estimate of drug-likeness (QED) is 0.716. The van der Waals surface area contributed by atoms with Gasteiger partial charge in [-0.25, -0.2) is 18.4 Å². The zero-order valence-electron chi connectivity index (χ0n) is 8.79. The normalized spacial score (nSPS) is 16.1. The molecule has 2 rings (SSSR count). The minimum atomic E-state index is -3.79. The van der Waals surface area contributed by atoms with Gasteiger partial charge in [-0.2, -0.15) is 0 Å². The summed E-state index contributed by atoms with van der Waals surface area (Å²) in [5, 5.41) is 4.97. The molecule has 0 saturated carbocycles. The fourth-order valence-corrected chi connectivity index (χ4v) is 2.12. The Kier molecular flexibility index (Phi) is 2.68. The summed E-state index contributed by atoms with van der Waals surface area (Å²) in [5.41, 5.74) is 6.27. The molecule has 1 aromatic carbocycles. The second kappa shape index (κ2) is 3.90. The summed E-state index contributed by atoms with van der Waals surface area (Å²) in [7, 11) is -3.79. The van der Waals surface area contributed by atoms with Crippen LogP contribution in [-0.4, -0.2) is 27.7 Å². The van der Waals surface area contributed by atoms with E-state index in [9.17, 15) is 13.2 Å². The first kappa shape index (κ1) is 11.7. The van der Waals surface area contributed by atoms with Crippen molar-refractivity contribution < 1.29 is 17.9 Å². The Hall–Kier alpha value is -1.80. The van der Waals surface area contributed by atoms with E-state index in [1.807, 2.05) is 0 Å². The van der Waals surface area contributed by atoms with Gasteiger partial charge < -0.3 is 10.5 Å². The van der Waals surface area contributed by atoms with Crippen LogP contribution in [0.5, 0.6) is 0 Å². The van der Waals surface area contributed by atoms with Crippen molar-refractivity contribution in [3.05, 3.63) is 18.2 Å². The highest BCUT2D eigenvalue weighted by atomic mass is 32.2. The first-order chi connectivity index (χ1) is 7.89.